The normalized spacial score (nSPS) is 11.2. The number of thioether (sulfide) groups is 1. The molecule has 6 nitrogen and oxygen atoms in total. The van der Waals surface area contributed by atoms with Crippen molar-refractivity contribution in [3.05, 3.63) is 35.3 Å². The molecule has 0 amide bonds. The molecule has 1 heterocycles. The molecule has 136 valence electrons. The number of rotatable bonds is 9. The molecule has 0 atom stereocenters. The Labute approximate surface area is 157 Å². The highest BCUT2D eigenvalue weighted by atomic mass is 32.2. The maximum atomic E-state index is 5.33. The first-order valence-electron chi connectivity index (χ1n) is 7.94. The van der Waals surface area contributed by atoms with Crippen molar-refractivity contribution in [2.24, 2.45) is 4.99 Å². The Morgan fingerprint density at radius 1 is 1.24 bits per heavy atom. The van der Waals surface area contributed by atoms with Crippen molar-refractivity contribution in [3.63, 3.8) is 0 Å². The summed E-state index contributed by atoms with van der Waals surface area (Å²) in [5.41, 5.74) is 1.10. The minimum Gasteiger partial charge on any atom is -0.493 e. The van der Waals surface area contributed by atoms with Crippen LogP contribution in [0.2, 0.25) is 0 Å². The number of nitrogens with one attached hydrogen (secondary N) is 2. The summed E-state index contributed by atoms with van der Waals surface area (Å²) in [5.74, 6) is 3.28. The minimum atomic E-state index is 0.661. The summed E-state index contributed by atoms with van der Waals surface area (Å²) < 4.78 is 11.7. The van der Waals surface area contributed by atoms with Crippen molar-refractivity contribution < 1.29 is 9.47 Å². The van der Waals surface area contributed by atoms with Gasteiger partial charge in [0.2, 0.25) is 0 Å². The van der Waals surface area contributed by atoms with Gasteiger partial charge >= 0.3 is 0 Å². The maximum Gasteiger partial charge on any atom is 0.191 e. The molecule has 2 N–H and O–H groups in total. The Morgan fingerprint density at radius 2 is 2.08 bits per heavy atom. The molecule has 0 radical (unpaired) electrons. The van der Waals surface area contributed by atoms with Crippen molar-refractivity contribution in [1.82, 2.24) is 15.6 Å². The fourth-order valence-electron chi connectivity index (χ4n) is 2.12. The molecular weight excluding hydrogens is 356 g/mol. The molecular formula is C17H24N4O2S2. The molecule has 0 aliphatic heterocycles. The van der Waals surface area contributed by atoms with Gasteiger partial charge < -0.3 is 20.1 Å². The Balaban J connectivity index is 1.71. The van der Waals surface area contributed by atoms with E-state index in [-0.39, 0.29) is 0 Å². The maximum absolute atomic E-state index is 5.33. The number of benzene rings is 1. The van der Waals surface area contributed by atoms with Gasteiger partial charge in [-0.05, 0) is 24.1 Å². The Hall–Kier alpha value is -1.93. The van der Waals surface area contributed by atoms with E-state index in [1.807, 2.05) is 29.8 Å². The third-order valence-electron chi connectivity index (χ3n) is 3.38. The predicted molar refractivity (Wildman–Crippen MR) is 105 cm³/mol. The zero-order chi connectivity index (χ0) is 17.9. The van der Waals surface area contributed by atoms with E-state index in [2.05, 4.69) is 20.6 Å². The lowest BCUT2D eigenvalue weighted by Gasteiger charge is -2.13. The number of methoxy groups -OCH3 is 2. The Morgan fingerprint density at radius 3 is 2.76 bits per heavy atom. The van der Waals surface area contributed by atoms with Crippen molar-refractivity contribution in [2.45, 2.75) is 17.3 Å². The first-order chi connectivity index (χ1) is 12.3. The quantitative estimate of drug-likeness (QED) is 0.302. The average molecular weight is 381 g/mol. The number of hydrogen-bond donors (Lipinski definition) is 2. The molecule has 0 saturated heterocycles. The smallest absolute Gasteiger partial charge is 0.191 e. The SMILES string of the molecule is CN=C(NCCCSc1nccs1)NCc1ccc(OC)c(OC)c1. The van der Waals surface area contributed by atoms with Gasteiger partial charge in [0.1, 0.15) is 4.34 Å². The van der Waals surface area contributed by atoms with Crippen molar-refractivity contribution in [2.75, 3.05) is 33.6 Å². The average Bonchev–Trinajstić information content (AvgIpc) is 3.17. The number of ether oxygens (including phenoxy) is 2. The molecule has 0 unspecified atom stereocenters. The summed E-state index contributed by atoms with van der Waals surface area (Å²) in [6.45, 7) is 1.53. The molecule has 0 aliphatic carbocycles. The van der Waals surface area contributed by atoms with E-state index in [1.54, 1.807) is 44.4 Å². The zero-order valence-electron chi connectivity index (χ0n) is 14.7. The Bertz CT molecular complexity index is 663. The number of nitrogens with zero attached hydrogens (tertiary/aromatic N) is 2. The van der Waals surface area contributed by atoms with Gasteiger partial charge in [0, 0.05) is 37.5 Å². The molecule has 1 aromatic heterocycles. The topological polar surface area (TPSA) is 67.8 Å². The summed E-state index contributed by atoms with van der Waals surface area (Å²) in [5, 5.41) is 8.63. The van der Waals surface area contributed by atoms with E-state index < -0.39 is 0 Å². The van der Waals surface area contributed by atoms with Gasteiger partial charge in [0.25, 0.3) is 0 Å². The monoisotopic (exact) mass is 380 g/mol. The Kier molecular flexibility index (Phi) is 8.41. The highest BCUT2D eigenvalue weighted by Crippen LogP contribution is 2.27. The van der Waals surface area contributed by atoms with Gasteiger partial charge in [-0.15, -0.1) is 11.3 Å². The molecule has 2 rings (SSSR count). The summed E-state index contributed by atoms with van der Waals surface area (Å²) in [6.07, 6.45) is 2.88. The molecule has 0 bridgehead atoms. The van der Waals surface area contributed by atoms with Crippen LogP contribution in [0.15, 0.2) is 39.1 Å². The molecule has 1 aromatic carbocycles. The van der Waals surface area contributed by atoms with Gasteiger partial charge in [0.05, 0.1) is 14.2 Å². The summed E-state index contributed by atoms with van der Waals surface area (Å²) in [7, 11) is 5.04. The lowest BCUT2D eigenvalue weighted by atomic mass is 10.2. The predicted octanol–water partition coefficient (Wildman–Crippen LogP) is 3.01. The van der Waals surface area contributed by atoms with Crippen LogP contribution in [0.4, 0.5) is 0 Å². The van der Waals surface area contributed by atoms with E-state index in [0.717, 1.165) is 46.1 Å². The second-order valence-electron chi connectivity index (χ2n) is 5.04. The summed E-state index contributed by atoms with van der Waals surface area (Å²) >= 11 is 3.46. The van der Waals surface area contributed by atoms with Crippen molar-refractivity contribution in [3.8, 4) is 11.5 Å². The molecule has 0 saturated carbocycles. The van der Waals surface area contributed by atoms with E-state index in [4.69, 9.17) is 9.47 Å². The van der Waals surface area contributed by atoms with Crippen LogP contribution in [0.25, 0.3) is 0 Å². The van der Waals surface area contributed by atoms with Crippen LogP contribution >= 0.6 is 23.1 Å². The minimum absolute atomic E-state index is 0.661. The number of aromatic nitrogens is 1. The first-order valence-corrected chi connectivity index (χ1v) is 9.81. The number of aliphatic imine (C=N–C) groups is 1. The van der Waals surface area contributed by atoms with Crippen LogP contribution < -0.4 is 20.1 Å². The van der Waals surface area contributed by atoms with E-state index in [0.29, 0.717) is 6.54 Å². The van der Waals surface area contributed by atoms with Gasteiger partial charge in [-0.3, -0.25) is 4.99 Å². The van der Waals surface area contributed by atoms with E-state index in [1.165, 1.54) is 0 Å². The second-order valence-corrected chi connectivity index (χ2v) is 7.28. The van der Waals surface area contributed by atoms with Crippen molar-refractivity contribution in [1.29, 1.82) is 0 Å². The van der Waals surface area contributed by atoms with Gasteiger partial charge in [-0.25, -0.2) is 4.98 Å². The lowest BCUT2D eigenvalue weighted by Crippen LogP contribution is -2.37. The molecule has 0 aliphatic rings. The summed E-state index contributed by atoms with van der Waals surface area (Å²) in [6, 6.07) is 5.87. The molecule has 2 aromatic rings. The second kappa shape index (κ2) is 10.8. The van der Waals surface area contributed by atoms with Crippen LogP contribution in [0.5, 0.6) is 11.5 Å². The van der Waals surface area contributed by atoms with Crippen LogP contribution in [0, 0.1) is 0 Å². The fourth-order valence-corrected chi connectivity index (χ4v) is 3.76. The highest BCUT2D eigenvalue weighted by Gasteiger charge is 2.05. The van der Waals surface area contributed by atoms with Crippen LogP contribution in [-0.2, 0) is 6.54 Å². The number of hydrogen-bond acceptors (Lipinski definition) is 6. The van der Waals surface area contributed by atoms with Crippen LogP contribution in [0.3, 0.4) is 0 Å². The third kappa shape index (κ3) is 6.47. The fraction of sp³-hybridized carbons (Fsp3) is 0.412. The number of thiazole rings is 1. The molecule has 25 heavy (non-hydrogen) atoms. The van der Waals surface area contributed by atoms with Crippen LogP contribution in [0.1, 0.15) is 12.0 Å². The van der Waals surface area contributed by atoms with E-state index in [9.17, 15) is 0 Å². The van der Waals surface area contributed by atoms with Crippen LogP contribution in [-0.4, -0.2) is 44.5 Å². The summed E-state index contributed by atoms with van der Waals surface area (Å²) in [4.78, 5) is 8.51. The highest BCUT2D eigenvalue weighted by molar-refractivity contribution is 8.00. The molecule has 8 heteroatoms. The first kappa shape index (κ1) is 19.4. The third-order valence-corrected chi connectivity index (χ3v) is 5.43. The van der Waals surface area contributed by atoms with Gasteiger partial charge in [-0.1, -0.05) is 17.8 Å². The standard InChI is InChI=1S/C17H24N4O2S2/c1-18-16(19-7-4-9-24-17-20-8-10-25-17)21-12-13-5-6-14(22-2)15(11-13)23-3/h5-6,8,10-11H,4,7,9,12H2,1-3H3,(H2,18,19,21). The number of guanidine groups is 1. The van der Waals surface area contributed by atoms with Crippen molar-refractivity contribution >= 4 is 29.1 Å². The zero-order valence-corrected chi connectivity index (χ0v) is 16.4. The molecule has 0 fully saturated rings. The van der Waals surface area contributed by atoms with E-state index >= 15 is 0 Å². The van der Waals surface area contributed by atoms with Gasteiger partial charge in [0.15, 0.2) is 17.5 Å². The largest absolute Gasteiger partial charge is 0.493 e. The molecule has 0 spiro atoms. The van der Waals surface area contributed by atoms with Gasteiger partial charge in [-0.2, -0.15) is 0 Å². The lowest BCUT2D eigenvalue weighted by molar-refractivity contribution is 0.354.